The lowest BCUT2D eigenvalue weighted by atomic mass is 10.1. The van der Waals surface area contributed by atoms with Crippen LogP contribution in [0, 0.1) is 0 Å². The molecule has 8 heteroatoms. The molecule has 142 valence electrons. The monoisotopic (exact) mass is 382 g/mol. The molecule has 1 N–H and O–H groups in total. The van der Waals surface area contributed by atoms with E-state index in [2.05, 4.69) is 42.7 Å². The minimum Gasteiger partial charge on any atom is -0.309 e. The van der Waals surface area contributed by atoms with Gasteiger partial charge in [-0.15, -0.1) is 10.2 Å². The van der Waals surface area contributed by atoms with E-state index in [1.165, 1.54) is 5.56 Å². The zero-order valence-electron chi connectivity index (χ0n) is 15.8. The van der Waals surface area contributed by atoms with E-state index >= 15 is 0 Å². The van der Waals surface area contributed by atoms with Crippen LogP contribution in [0.5, 0.6) is 0 Å². The molecule has 0 saturated carbocycles. The SMILES string of the molecule is Cn1nccc1Nc1nccc(-c2ccn3c(Cc4ccccc4)nnc3c2)n1. The summed E-state index contributed by atoms with van der Waals surface area (Å²) < 4.78 is 3.74. The van der Waals surface area contributed by atoms with Gasteiger partial charge in [-0.25, -0.2) is 9.97 Å². The molecule has 0 unspecified atom stereocenters. The normalized spacial score (nSPS) is 11.1. The van der Waals surface area contributed by atoms with E-state index in [-0.39, 0.29) is 0 Å². The predicted molar refractivity (Wildman–Crippen MR) is 110 cm³/mol. The van der Waals surface area contributed by atoms with E-state index in [0.717, 1.165) is 35.0 Å². The molecule has 0 fully saturated rings. The molecular formula is C21H18N8. The number of hydrogen-bond donors (Lipinski definition) is 1. The van der Waals surface area contributed by atoms with Crippen molar-refractivity contribution in [3.8, 4) is 11.3 Å². The molecule has 0 bridgehead atoms. The van der Waals surface area contributed by atoms with Crippen molar-refractivity contribution in [2.75, 3.05) is 5.32 Å². The third-order valence-electron chi connectivity index (χ3n) is 4.70. The Morgan fingerprint density at radius 3 is 2.69 bits per heavy atom. The number of anilines is 2. The number of fused-ring (bicyclic) bond motifs is 1. The van der Waals surface area contributed by atoms with Gasteiger partial charge in [0.1, 0.15) is 11.6 Å². The number of hydrogen-bond acceptors (Lipinski definition) is 6. The number of aromatic nitrogens is 7. The van der Waals surface area contributed by atoms with Crippen molar-refractivity contribution in [3.05, 3.63) is 84.6 Å². The molecule has 1 aromatic carbocycles. The van der Waals surface area contributed by atoms with Crippen LogP contribution < -0.4 is 5.32 Å². The lowest BCUT2D eigenvalue weighted by molar-refractivity contribution is 0.775. The van der Waals surface area contributed by atoms with Crippen molar-refractivity contribution in [1.29, 1.82) is 0 Å². The molecule has 0 amide bonds. The van der Waals surface area contributed by atoms with Crippen molar-refractivity contribution in [3.63, 3.8) is 0 Å². The Balaban J connectivity index is 1.44. The molecule has 0 spiro atoms. The highest BCUT2D eigenvalue weighted by molar-refractivity contribution is 5.65. The van der Waals surface area contributed by atoms with Crippen molar-refractivity contribution >= 4 is 17.4 Å². The molecule has 0 aliphatic heterocycles. The number of pyridine rings is 1. The molecule has 4 heterocycles. The molecule has 8 nitrogen and oxygen atoms in total. The highest BCUT2D eigenvalue weighted by atomic mass is 15.3. The van der Waals surface area contributed by atoms with Gasteiger partial charge in [-0.2, -0.15) is 5.10 Å². The first kappa shape index (κ1) is 17.1. The third-order valence-corrected chi connectivity index (χ3v) is 4.70. The van der Waals surface area contributed by atoms with Crippen LogP contribution in [-0.4, -0.2) is 34.3 Å². The topological polar surface area (TPSA) is 85.8 Å². The average molecular weight is 382 g/mol. The quantitative estimate of drug-likeness (QED) is 0.502. The first-order valence-electron chi connectivity index (χ1n) is 9.22. The Morgan fingerprint density at radius 2 is 1.86 bits per heavy atom. The lowest BCUT2D eigenvalue weighted by Gasteiger charge is -2.07. The molecule has 0 aliphatic carbocycles. The van der Waals surface area contributed by atoms with E-state index in [0.29, 0.717) is 5.95 Å². The Hall–Kier alpha value is -4.07. The van der Waals surface area contributed by atoms with Gasteiger partial charge in [0, 0.05) is 37.5 Å². The van der Waals surface area contributed by atoms with Gasteiger partial charge in [0.2, 0.25) is 5.95 Å². The van der Waals surface area contributed by atoms with Gasteiger partial charge in [-0.05, 0) is 23.8 Å². The van der Waals surface area contributed by atoms with Gasteiger partial charge in [-0.3, -0.25) is 9.08 Å². The summed E-state index contributed by atoms with van der Waals surface area (Å²) in [5, 5.41) is 16.0. The summed E-state index contributed by atoms with van der Waals surface area (Å²) in [7, 11) is 1.86. The summed E-state index contributed by atoms with van der Waals surface area (Å²) in [6.07, 6.45) is 6.17. The Labute approximate surface area is 166 Å². The predicted octanol–water partition coefficient (Wildman–Crippen LogP) is 3.25. The zero-order chi connectivity index (χ0) is 19.6. The largest absolute Gasteiger partial charge is 0.309 e. The van der Waals surface area contributed by atoms with Crippen LogP contribution in [0.25, 0.3) is 16.9 Å². The van der Waals surface area contributed by atoms with Crippen molar-refractivity contribution < 1.29 is 0 Å². The minimum absolute atomic E-state index is 0.511. The summed E-state index contributed by atoms with van der Waals surface area (Å²) in [5.74, 6) is 2.23. The van der Waals surface area contributed by atoms with E-state index in [1.807, 2.05) is 60.1 Å². The van der Waals surface area contributed by atoms with Crippen LogP contribution in [0.15, 0.2) is 73.2 Å². The van der Waals surface area contributed by atoms with E-state index in [1.54, 1.807) is 17.1 Å². The van der Waals surface area contributed by atoms with Crippen molar-refractivity contribution in [2.24, 2.45) is 7.05 Å². The Morgan fingerprint density at radius 1 is 0.966 bits per heavy atom. The maximum atomic E-state index is 4.62. The van der Waals surface area contributed by atoms with Crippen LogP contribution in [0.2, 0.25) is 0 Å². The summed E-state index contributed by atoms with van der Waals surface area (Å²) in [5.41, 5.74) is 3.74. The van der Waals surface area contributed by atoms with Crippen LogP contribution in [0.1, 0.15) is 11.4 Å². The summed E-state index contributed by atoms with van der Waals surface area (Å²) in [6, 6.07) is 18.0. The fourth-order valence-electron chi connectivity index (χ4n) is 3.19. The van der Waals surface area contributed by atoms with Gasteiger partial charge >= 0.3 is 0 Å². The van der Waals surface area contributed by atoms with E-state index in [4.69, 9.17) is 0 Å². The number of nitrogens with one attached hydrogen (secondary N) is 1. The maximum Gasteiger partial charge on any atom is 0.228 e. The third kappa shape index (κ3) is 3.43. The number of benzene rings is 1. The standard InChI is InChI=1S/C21H18N8/c1-28-18(8-11-23-28)25-21-22-10-7-17(24-21)16-9-12-29-19(26-27-20(29)14-16)13-15-5-3-2-4-6-15/h2-12,14H,13H2,1H3,(H,22,24,25). The Bertz CT molecular complexity index is 1270. The number of rotatable bonds is 5. The fourth-order valence-corrected chi connectivity index (χ4v) is 3.19. The van der Waals surface area contributed by atoms with Crippen LogP contribution >= 0.6 is 0 Å². The maximum absolute atomic E-state index is 4.62. The first-order valence-corrected chi connectivity index (χ1v) is 9.22. The second-order valence-electron chi connectivity index (χ2n) is 6.65. The smallest absolute Gasteiger partial charge is 0.228 e. The van der Waals surface area contributed by atoms with Gasteiger partial charge < -0.3 is 5.32 Å². The van der Waals surface area contributed by atoms with Crippen LogP contribution in [0.3, 0.4) is 0 Å². The Kier molecular flexibility index (Phi) is 4.21. The molecule has 29 heavy (non-hydrogen) atoms. The molecular weight excluding hydrogens is 364 g/mol. The number of nitrogens with zero attached hydrogens (tertiary/aromatic N) is 7. The average Bonchev–Trinajstić information content (AvgIpc) is 3.35. The highest BCUT2D eigenvalue weighted by Crippen LogP contribution is 2.21. The highest BCUT2D eigenvalue weighted by Gasteiger charge is 2.10. The van der Waals surface area contributed by atoms with Crippen LogP contribution in [0.4, 0.5) is 11.8 Å². The van der Waals surface area contributed by atoms with Gasteiger partial charge in [0.05, 0.1) is 11.9 Å². The molecule has 0 atom stereocenters. The summed E-state index contributed by atoms with van der Waals surface area (Å²) >= 11 is 0. The molecule has 0 saturated heterocycles. The minimum atomic E-state index is 0.511. The number of aryl methyl sites for hydroxylation is 1. The summed E-state index contributed by atoms with van der Waals surface area (Å²) in [6.45, 7) is 0. The molecule has 5 rings (SSSR count). The van der Waals surface area contributed by atoms with Gasteiger partial charge in [0.15, 0.2) is 5.65 Å². The van der Waals surface area contributed by atoms with Gasteiger partial charge in [0.25, 0.3) is 0 Å². The molecule has 4 aromatic heterocycles. The van der Waals surface area contributed by atoms with Gasteiger partial charge in [-0.1, -0.05) is 30.3 Å². The molecule has 0 radical (unpaired) electrons. The van der Waals surface area contributed by atoms with Crippen molar-refractivity contribution in [2.45, 2.75) is 6.42 Å². The second-order valence-corrected chi connectivity index (χ2v) is 6.65. The molecule has 0 aliphatic rings. The van der Waals surface area contributed by atoms with E-state index < -0.39 is 0 Å². The summed E-state index contributed by atoms with van der Waals surface area (Å²) in [4.78, 5) is 8.92. The van der Waals surface area contributed by atoms with Crippen molar-refractivity contribution in [1.82, 2.24) is 34.3 Å². The molecule has 5 aromatic rings. The van der Waals surface area contributed by atoms with Crippen LogP contribution in [-0.2, 0) is 13.5 Å². The van der Waals surface area contributed by atoms with E-state index in [9.17, 15) is 0 Å². The second kappa shape index (κ2) is 7.16. The lowest BCUT2D eigenvalue weighted by Crippen LogP contribution is -2.03. The fraction of sp³-hybridized carbons (Fsp3) is 0.0952. The zero-order valence-corrected chi connectivity index (χ0v) is 15.8. The first-order chi connectivity index (χ1) is 14.3.